The zero-order valence-corrected chi connectivity index (χ0v) is 5.20. The van der Waals surface area contributed by atoms with Crippen molar-refractivity contribution in [3.05, 3.63) is 11.1 Å². The lowest BCUT2D eigenvalue weighted by molar-refractivity contribution is -0.120. The number of β-lactam (4-membered cyclic amide) rings is 1. The molecule has 0 bridgehead atoms. The zero-order chi connectivity index (χ0) is 6.85. The molecule has 0 aromatic heterocycles. The minimum atomic E-state index is -0.511. The Labute approximate surface area is 52.7 Å². The summed E-state index contributed by atoms with van der Waals surface area (Å²) in [5.74, 6) is -0.120. The van der Waals surface area contributed by atoms with Crippen LogP contribution in [0.2, 0.25) is 0 Å². The van der Waals surface area contributed by atoms with E-state index in [1.54, 1.807) is 6.92 Å². The Kier molecular flexibility index (Phi) is 1.51. The summed E-state index contributed by atoms with van der Waals surface area (Å²) < 4.78 is 11.8. The fraction of sp³-hybridized carbons (Fsp3) is 0.500. The first-order valence-electron chi connectivity index (χ1n) is 2.78. The van der Waals surface area contributed by atoms with Crippen molar-refractivity contribution in [3.8, 4) is 0 Å². The van der Waals surface area contributed by atoms with E-state index in [4.69, 9.17) is 0 Å². The molecule has 50 valence electrons. The Bertz CT molecular complexity index is 174. The number of hydrogen-bond acceptors (Lipinski definition) is 1. The average Bonchev–Trinajstić information content (AvgIpc) is 1.84. The third-order valence-electron chi connectivity index (χ3n) is 1.42. The van der Waals surface area contributed by atoms with Gasteiger partial charge < -0.3 is 5.32 Å². The molecule has 0 spiro atoms. The molecule has 1 heterocycles. The summed E-state index contributed by atoms with van der Waals surface area (Å²) in [5.41, 5.74) is 1.16. The van der Waals surface area contributed by atoms with E-state index in [0.29, 0.717) is 17.7 Å². The van der Waals surface area contributed by atoms with Crippen LogP contribution in [0.15, 0.2) is 11.1 Å². The molecule has 9 heavy (non-hydrogen) atoms. The van der Waals surface area contributed by atoms with Gasteiger partial charge in [-0.05, 0) is 12.5 Å². The predicted molar refractivity (Wildman–Crippen MR) is 31.7 cm³/mol. The normalized spacial score (nSPS) is 22.7. The molecule has 2 nitrogen and oxygen atoms in total. The number of halogens is 1. The van der Waals surface area contributed by atoms with Crippen LogP contribution in [-0.4, -0.2) is 19.1 Å². The fourth-order valence-electron chi connectivity index (χ4n) is 0.674. The van der Waals surface area contributed by atoms with Crippen LogP contribution in [0.25, 0.3) is 0 Å². The van der Waals surface area contributed by atoms with Gasteiger partial charge in [-0.1, -0.05) is 0 Å². The number of hydrogen-bond donors (Lipinski definition) is 1. The van der Waals surface area contributed by atoms with Gasteiger partial charge in [-0.2, -0.15) is 0 Å². The molecule has 1 fully saturated rings. The van der Waals surface area contributed by atoms with Gasteiger partial charge in [0.15, 0.2) is 0 Å². The van der Waals surface area contributed by atoms with Crippen LogP contribution >= 0.6 is 0 Å². The number of alkyl halides is 1. The molecule has 1 amide bonds. The first kappa shape index (κ1) is 6.26. The molecule has 0 unspecified atom stereocenters. The molecule has 0 aliphatic carbocycles. The second-order valence-electron chi connectivity index (χ2n) is 2.08. The van der Waals surface area contributed by atoms with Crippen molar-refractivity contribution in [2.24, 2.45) is 0 Å². The van der Waals surface area contributed by atoms with Crippen molar-refractivity contribution in [3.63, 3.8) is 0 Å². The number of rotatable bonds is 1. The number of amides is 1. The highest BCUT2D eigenvalue weighted by molar-refractivity contribution is 6.00. The molecule has 3 heteroatoms. The first-order valence-corrected chi connectivity index (χ1v) is 2.78. The van der Waals surface area contributed by atoms with Gasteiger partial charge in [-0.3, -0.25) is 4.79 Å². The van der Waals surface area contributed by atoms with E-state index in [2.05, 4.69) is 5.32 Å². The third-order valence-corrected chi connectivity index (χ3v) is 1.42. The van der Waals surface area contributed by atoms with Crippen LogP contribution in [0.3, 0.4) is 0 Å². The van der Waals surface area contributed by atoms with E-state index in [-0.39, 0.29) is 5.91 Å². The Morgan fingerprint density at radius 3 is 2.67 bits per heavy atom. The minimum Gasteiger partial charge on any atom is -0.348 e. The van der Waals surface area contributed by atoms with Gasteiger partial charge in [-0.15, -0.1) is 0 Å². The topological polar surface area (TPSA) is 29.1 Å². The van der Waals surface area contributed by atoms with Gasteiger partial charge in [-0.25, -0.2) is 4.39 Å². The maximum absolute atomic E-state index is 11.8. The van der Waals surface area contributed by atoms with Crippen LogP contribution < -0.4 is 5.32 Å². The molecule has 0 atom stereocenters. The summed E-state index contributed by atoms with van der Waals surface area (Å²) in [6.45, 7) is 1.66. The highest BCUT2D eigenvalue weighted by Gasteiger charge is 2.21. The van der Waals surface area contributed by atoms with E-state index < -0.39 is 6.67 Å². The molecular formula is C6H8FNO. The van der Waals surface area contributed by atoms with Gasteiger partial charge in [0.1, 0.15) is 6.67 Å². The Hall–Kier alpha value is -0.860. The van der Waals surface area contributed by atoms with Crippen LogP contribution in [0, 0.1) is 0 Å². The van der Waals surface area contributed by atoms with Crippen molar-refractivity contribution >= 4 is 5.91 Å². The van der Waals surface area contributed by atoms with Crippen molar-refractivity contribution < 1.29 is 9.18 Å². The number of nitrogens with one attached hydrogen (secondary N) is 1. The summed E-state index contributed by atoms with van der Waals surface area (Å²) >= 11 is 0. The van der Waals surface area contributed by atoms with Crippen LogP contribution in [0.1, 0.15) is 6.92 Å². The van der Waals surface area contributed by atoms with E-state index in [1.165, 1.54) is 0 Å². The Morgan fingerprint density at radius 2 is 2.56 bits per heavy atom. The monoisotopic (exact) mass is 129 g/mol. The lowest BCUT2D eigenvalue weighted by Crippen LogP contribution is -2.41. The molecule has 1 rings (SSSR count). The highest BCUT2D eigenvalue weighted by atomic mass is 19.1. The molecule has 0 aromatic rings. The summed E-state index contributed by atoms with van der Waals surface area (Å²) in [5, 5.41) is 2.51. The van der Waals surface area contributed by atoms with Crippen molar-refractivity contribution in [1.82, 2.24) is 5.32 Å². The molecule has 0 radical (unpaired) electrons. The standard InChI is InChI=1S/C6H8FNO/c1-4(2-7)5-3-8-6(5)9/h2-3H2,1H3,(H,8,9)/b5-4+. The quantitative estimate of drug-likeness (QED) is 0.403. The van der Waals surface area contributed by atoms with E-state index in [9.17, 15) is 9.18 Å². The van der Waals surface area contributed by atoms with Crippen molar-refractivity contribution in [2.75, 3.05) is 13.2 Å². The fourth-order valence-corrected chi connectivity index (χ4v) is 0.674. The maximum atomic E-state index is 11.8. The summed E-state index contributed by atoms with van der Waals surface area (Å²) in [4.78, 5) is 10.5. The van der Waals surface area contributed by atoms with Gasteiger partial charge in [0.05, 0.1) is 0 Å². The molecule has 0 saturated carbocycles. The predicted octanol–water partition coefficient (Wildman–Crippen LogP) is 0.402. The lowest BCUT2D eigenvalue weighted by Gasteiger charge is -2.19. The Balaban J connectivity index is 2.69. The molecule has 1 saturated heterocycles. The van der Waals surface area contributed by atoms with Crippen molar-refractivity contribution in [2.45, 2.75) is 6.92 Å². The SMILES string of the molecule is C/C(CF)=C1/CNC1=O. The second kappa shape index (κ2) is 2.17. The minimum absolute atomic E-state index is 0.120. The molecule has 1 aliphatic rings. The molecular weight excluding hydrogens is 121 g/mol. The van der Waals surface area contributed by atoms with E-state index in [1.807, 2.05) is 0 Å². The first-order chi connectivity index (χ1) is 4.25. The molecule has 1 aliphatic heterocycles. The largest absolute Gasteiger partial charge is 0.348 e. The third kappa shape index (κ3) is 0.943. The van der Waals surface area contributed by atoms with Crippen LogP contribution in [-0.2, 0) is 4.79 Å². The van der Waals surface area contributed by atoms with Gasteiger partial charge in [0.25, 0.3) is 0 Å². The van der Waals surface area contributed by atoms with Gasteiger partial charge >= 0.3 is 0 Å². The lowest BCUT2D eigenvalue weighted by atomic mass is 10.0. The van der Waals surface area contributed by atoms with E-state index in [0.717, 1.165) is 0 Å². The van der Waals surface area contributed by atoms with Crippen LogP contribution in [0.5, 0.6) is 0 Å². The smallest absolute Gasteiger partial charge is 0.249 e. The van der Waals surface area contributed by atoms with Crippen molar-refractivity contribution in [1.29, 1.82) is 0 Å². The number of carbonyl (C=O) groups is 1. The Morgan fingerprint density at radius 1 is 1.89 bits per heavy atom. The van der Waals surface area contributed by atoms with E-state index >= 15 is 0 Å². The second-order valence-corrected chi connectivity index (χ2v) is 2.08. The summed E-state index contributed by atoms with van der Waals surface area (Å²) in [6.07, 6.45) is 0. The van der Waals surface area contributed by atoms with Crippen LogP contribution in [0.4, 0.5) is 4.39 Å². The summed E-state index contributed by atoms with van der Waals surface area (Å²) in [7, 11) is 0. The number of carbonyl (C=O) groups excluding carboxylic acids is 1. The molecule has 1 N–H and O–H groups in total. The summed E-state index contributed by atoms with van der Waals surface area (Å²) in [6, 6.07) is 0. The maximum Gasteiger partial charge on any atom is 0.249 e. The van der Waals surface area contributed by atoms with Gasteiger partial charge in [0, 0.05) is 12.1 Å². The zero-order valence-electron chi connectivity index (χ0n) is 5.20. The molecule has 0 aromatic carbocycles. The van der Waals surface area contributed by atoms with Gasteiger partial charge in [0.2, 0.25) is 5.91 Å². The number of allylic oxidation sites excluding steroid dienone is 1. The average molecular weight is 129 g/mol. The highest BCUT2D eigenvalue weighted by Crippen LogP contribution is 2.09.